The molecular formula is C13H14N4O2S. The first-order valence-electron chi connectivity index (χ1n) is 5.92. The molecule has 0 radical (unpaired) electrons. The molecule has 0 fully saturated rings. The minimum absolute atomic E-state index is 0.132. The fraction of sp³-hybridized carbons (Fsp3) is 0.231. The quantitative estimate of drug-likeness (QED) is 0.897. The van der Waals surface area contributed by atoms with E-state index in [1.54, 1.807) is 36.5 Å². The van der Waals surface area contributed by atoms with Gasteiger partial charge in [0.2, 0.25) is 10.0 Å². The molecule has 6 nitrogen and oxygen atoms in total. The number of hydrogen-bond acceptors (Lipinski definition) is 4. The van der Waals surface area contributed by atoms with Gasteiger partial charge >= 0.3 is 0 Å². The van der Waals surface area contributed by atoms with Gasteiger partial charge in [-0.05, 0) is 23.8 Å². The van der Waals surface area contributed by atoms with Crippen molar-refractivity contribution in [1.82, 2.24) is 14.5 Å². The molecule has 0 bridgehead atoms. The number of nitrogens with one attached hydrogen (secondary N) is 1. The molecule has 0 aliphatic heterocycles. The zero-order chi connectivity index (χ0) is 14.6. The summed E-state index contributed by atoms with van der Waals surface area (Å²) in [7, 11) is -1.92. The number of hydrogen-bond donors (Lipinski definition) is 1. The van der Waals surface area contributed by atoms with E-state index in [0.29, 0.717) is 11.1 Å². The van der Waals surface area contributed by atoms with E-state index < -0.39 is 10.0 Å². The lowest BCUT2D eigenvalue weighted by atomic mass is 10.2. The van der Waals surface area contributed by atoms with Gasteiger partial charge in [-0.25, -0.2) is 8.42 Å². The normalized spacial score (nSPS) is 11.4. The third-order valence-corrected chi connectivity index (χ3v) is 4.61. The van der Waals surface area contributed by atoms with Crippen LogP contribution in [-0.4, -0.2) is 30.0 Å². The van der Waals surface area contributed by atoms with Crippen molar-refractivity contribution < 1.29 is 8.42 Å². The number of rotatable bonds is 5. The van der Waals surface area contributed by atoms with Crippen molar-refractivity contribution >= 4 is 10.0 Å². The van der Waals surface area contributed by atoms with Crippen LogP contribution in [0.25, 0.3) is 0 Å². The molecule has 2 rings (SSSR count). The van der Waals surface area contributed by atoms with Gasteiger partial charge in [0.15, 0.2) is 0 Å². The maximum Gasteiger partial charge on any atom is 0.218 e. The first-order valence-corrected chi connectivity index (χ1v) is 7.53. The van der Waals surface area contributed by atoms with E-state index in [1.165, 1.54) is 11.4 Å². The van der Waals surface area contributed by atoms with E-state index in [0.717, 1.165) is 5.69 Å². The van der Waals surface area contributed by atoms with Crippen LogP contribution in [0.15, 0.2) is 36.5 Å². The Labute approximate surface area is 117 Å². The first kappa shape index (κ1) is 14.2. The van der Waals surface area contributed by atoms with Crippen molar-refractivity contribution in [2.45, 2.75) is 12.3 Å². The molecule has 0 aliphatic carbocycles. The van der Waals surface area contributed by atoms with Crippen LogP contribution in [0.5, 0.6) is 0 Å². The maximum atomic E-state index is 12.2. The summed E-state index contributed by atoms with van der Waals surface area (Å²) in [6.07, 6.45) is 1.58. The summed E-state index contributed by atoms with van der Waals surface area (Å²) in [5.41, 5.74) is 1.77. The van der Waals surface area contributed by atoms with Gasteiger partial charge in [-0.15, -0.1) is 0 Å². The van der Waals surface area contributed by atoms with Crippen LogP contribution in [0.2, 0.25) is 0 Å². The molecule has 0 saturated heterocycles. The lowest BCUT2D eigenvalue weighted by Crippen LogP contribution is -2.27. The number of H-pyrrole nitrogens is 1. The summed E-state index contributed by atoms with van der Waals surface area (Å²) in [6, 6.07) is 10.3. The minimum atomic E-state index is -3.44. The summed E-state index contributed by atoms with van der Waals surface area (Å²) in [4.78, 5) is 0. The standard InChI is InChI=1S/C13H14N4O2S/c1-17(9-13-5-6-15-16-13)20(18,19)10-12-4-2-3-11(7-12)8-14/h2-7H,9-10H2,1H3,(H,15,16). The lowest BCUT2D eigenvalue weighted by molar-refractivity contribution is 0.461. The molecule has 0 aliphatic rings. The lowest BCUT2D eigenvalue weighted by Gasteiger charge is -2.16. The molecule has 0 amide bonds. The van der Waals surface area contributed by atoms with Crippen molar-refractivity contribution in [3.8, 4) is 6.07 Å². The topological polar surface area (TPSA) is 89.8 Å². The van der Waals surface area contributed by atoms with Gasteiger partial charge in [-0.2, -0.15) is 14.7 Å². The number of nitriles is 1. The van der Waals surface area contributed by atoms with E-state index in [2.05, 4.69) is 10.2 Å². The smallest absolute Gasteiger partial charge is 0.218 e. The van der Waals surface area contributed by atoms with Gasteiger partial charge in [0.1, 0.15) is 0 Å². The fourth-order valence-corrected chi connectivity index (χ4v) is 2.92. The molecule has 20 heavy (non-hydrogen) atoms. The van der Waals surface area contributed by atoms with Crippen LogP contribution in [0.3, 0.4) is 0 Å². The summed E-state index contributed by atoms with van der Waals surface area (Å²) in [6.45, 7) is 0.236. The largest absolute Gasteiger partial charge is 0.281 e. The van der Waals surface area contributed by atoms with Gasteiger partial charge in [0.05, 0.1) is 29.6 Å². The average molecular weight is 290 g/mol. The Balaban J connectivity index is 2.12. The van der Waals surface area contributed by atoms with Crippen LogP contribution in [0.4, 0.5) is 0 Å². The zero-order valence-corrected chi connectivity index (χ0v) is 11.8. The molecule has 104 valence electrons. The summed E-state index contributed by atoms with van der Waals surface area (Å²) in [5, 5.41) is 15.3. The Kier molecular flexibility index (Phi) is 4.17. The second kappa shape index (κ2) is 5.86. The minimum Gasteiger partial charge on any atom is -0.281 e. The van der Waals surface area contributed by atoms with Crippen molar-refractivity contribution in [3.05, 3.63) is 53.3 Å². The predicted molar refractivity (Wildman–Crippen MR) is 73.8 cm³/mol. The second-order valence-electron chi connectivity index (χ2n) is 4.41. The van der Waals surface area contributed by atoms with Gasteiger partial charge in [0, 0.05) is 13.2 Å². The van der Waals surface area contributed by atoms with Gasteiger partial charge in [-0.3, -0.25) is 5.10 Å². The summed E-state index contributed by atoms with van der Waals surface area (Å²) < 4.78 is 25.7. The molecule has 2 aromatic rings. The van der Waals surface area contributed by atoms with E-state index in [4.69, 9.17) is 5.26 Å². The number of benzene rings is 1. The third-order valence-electron chi connectivity index (χ3n) is 2.83. The maximum absolute atomic E-state index is 12.2. The highest BCUT2D eigenvalue weighted by Gasteiger charge is 2.19. The second-order valence-corrected chi connectivity index (χ2v) is 6.48. The number of aromatic amines is 1. The van der Waals surface area contributed by atoms with Gasteiger partial charge in [0.25, 0.3) is 0 Å². The Hall–Kier alpha value is -2.17. The number of aromatic nitrogens is 2. The summed E-state index contributed by atoms with van der Waals surface area (Å²) >= 11 is 0. The molecular weight excluding hydrogens is 276 g/mol. The van der Waals surface area contributed by atoms with Gasteiger partial charge < -0.3 is 0 Å². The molecule has 0 unspecified atom stereocenters. The molecule has 0 spiro atoms. The number of nitrogens with zero attached hydrogens (tertiary/aromatic N) is 3. The van der Waals surface area contributed by atoms with Crippen molar-refractivity contribution in [3.63, 3.8) is 0 Å². The molecule has 1 aromatic carbocycles. The van der Waals surface area contributed by atoms with Crippen molar-refractivity contribution in [2.24, 2.45) is 0 Å². The van der Waals surface area contributed by atoms with E-state index in [9.17, 15) is 8.42 Å². The van der Waals surface area contributed by atoms with Crippen LogP contribution >= 0.6 is 0 Å². The zero-order valence-electron chi connectivity index (χ0n) is 10.9. The Bertz CT molecular complexity index is 717. The highest BCUT2D eigenvalue weighted by molar-refractivity contribution is 7.88. The molecule has 0 saturated carbocycles. The van der Waals surface area contributed by atoms with Crippen molar-refractivity contribution in [1.29, 1.82) is 5.26 Å². The molecule has 1 heterocycles. The number of sulfonamides is 1. The monoisotopic (exact) mass is 290 g/mol. The molecule has 1 N–H and O–H groups in total. The first-order chi connectivity index (χ1) is 9.51. The van der Waals surface area contributed by atoms with E-state index in [-0.39, 0.29) is 12.3 Å². The van der Waals surface area contributed by atoms with Gasteiger partial charge in [-0.1, -0.05) is 12.1 Å². The molecule has 7 heteroatoms. The fourth-order valence-electron chi connectivity index (χ4n) is 1.76. The Morgan fingerprint density at radius 1 is 1.40 bits per heavy atom. The van der Waals surface area contributed by atoms with E-state index in [1.807, 2.05) is 6.07 Å². The van der Waals surface area contributed by atoms with Crippen LogP contribution in [-0.2, 0) is 22.3 Å². The Morgan fingerprint density at radius 3 is 2.85 bits per heavy atom. The third kappa shape index (κ3) is 3.44. The predicted octanol–water partition coefficient (Wildman–Crippen LogP) is 1.24. The van der Waals surface area contributed by atoms with Crippen molar-refractivity contribution in [2.75, 3.05) is 7.05 Å². The Morgan fingerprint density at radius 2 is 2.20 bits per heavy atom. The van der Waals surface area contributed by atoms with Crippen LogP contribution in [0.1, 0.15) is 16.8 Å². The highest BCUT2D eigenvalue weighted by Crippen LogP contribution is 2.13. The molecule has 0 atom stereocenters. The average Bonchev–Trinajstić information content (AvgIpc) is 2.91. The van der Waals surface area contributed by atoms with Crippen LogP contribution in [0, 0.1) is 11.3 Å². The highest BCUT2D eigenvalue weighted by atomic mass is 32.2. The summed E-state index contributed by atoms with van der Waals surface area (Å²) in [5.74, 6) is -0.132. The van der Waals surface area contributed by atoms with E-state index >= 15 is 0 Å². The SMILES string of the molecule is CN(Cc1ccn[nH]1)S(=O)(=O)Cc1cccc(C#N)c1. The van der Waals surface area contributed by atoms with Crippen LogP contribution < -0.4 is 0 Å². The molecule has 1 aromatic heterocycles.